The minimum absolute atomic E-state index is 0.585. The van der Waals surface area contributed by atoms with Crippen LogP contribution in [0.3, 0.4) is 0 Å². The molecule has 3 nitrogen and oxygen atoms in total. The molecule has 1 N–H and O–H groups in total. The lowest BCUT2D eigenvalue weighted by Gasteiger charge is -2.30. The van der Waals surface area contributed by atoms with Gasteiger partial charge in [-0.05, 0) is 25.2 Å². The first-order valence-electron chi connectivity index (χ1n) is 7.13. The molecule has 1 saturated carbocycles. The van der Waals surface area contributed by atoms with E-state index in [9.17, 15) is 0 Å². The second-order valence-corrected chi connectivity index (χ2v) is 5.71. The molecule has 17 heavy (non-hydrogen) atoms. The van der Waals surface area contributed by atoms with Gasteiger partial charge in [0, 0.05) is 18.5 Å². The van der Waals surface area contributed by atoms with Crippen LogP contribution in [0.5, 0.6) is 0 Å². The maximum atomic E-state index is 4.89. The van der Waals surface area contributed by atoms with Crippen LogP contribution in [0.25, 0.3) is 0 Å². The molecule has 1 aliphatic carbocycles. The molecule has 3 rings (SSSR count). The van der Waals surface area contributed by atoms with E-state index in [1.807, 2.05) is 0 Å². The molecule has 94 valence electrons. The SMILES string of the molecule is CCC1C(C)CNc2cc(C3CCCC3)nn21. The van der Waals surface area contributed by atoms with E-state index in [0.29, 0.717) is 12.0 Å². The number of hydrogen-bond donors (Lipinski definition) is 1. The molecule has 3 heteroatoms. The fourth-order valence-corrected chi connectivity index (χ4v) is 3.44. The highest BCUT2D eigenvalue weighted by atomic mass is 15.4. The molecule has 0 bridgehead atoms. The summed E-state index contributed by atoms with van der Waals surface area (Å²) in [6.45, 7) is 5.68. The number of aromatic nitrogens is 2. The van der Waals surface area contributed by atoms with Crippen LogP contribution in [0.1, 0.15) is 63.6 Å². The Morgan fingerprint density at radius 3 is 2.88 bits per heavy atom. The van der Waals surface area contributed by atoms with Gasteiger partial charge in [0.15, 0.2) is 0 Å². The van der Waals surface area contributed by atoms with Crippen molar-refractivity contribution in [3.05, 3.63) is 11.8 Å². The van der Waals surface area contributed by atoms with E-state index in [-0.39, 0.29) is 0 Å². The first kappa shape index (κ1) is 11.1. The Bertz CT molecular complexity index is 390. The summed E-state index contributed by atoms with van der Waals surface area (Å²) in [5.41, 5.74) is 1.33. The predicted molar refractivity (Wildman–Crippen MR) is 70.4 cm³/mol. The van der Waals surface area contributed by atoms with E-state index in [4.69, 9.17) is 5.10 Å². The van der Waals surface area contributed by atoms with Crippen LogP contribution >= 0.6 is 0 Å². The Morgan fingerprint density at radius 1 is 1.41 bits per heavy atom. The summed E-state index contributed by atoms with van der Waals surface area (Å²) in [5.74, 6) is 2.66. The summed E-state index contributed by atoms with van der Waals surface area (Å²) in [6.07, 6.45) is 6.62. The highest BCUT2D eigenvalue weighted by Crippen LogP contribution is 2.37. The van der Waals surface area contributed by atoms with Gasteiger partial charge < -0.3 is 5.32 Å². The number of fused-ring (bicyclic) bond motifs is 1. The van der Waals surface area contributed by atoms with Crippen molar-refractivity contribution in [2.24, 2.45) is 5.92 Å². The Kier molecular flexibility index (Phi) is 2.85. The summed E-state index contributed by atoms with van der Waals surface area (Å²) in [7, 11) is 0. The van der Waals surface area contributed by atoms with Crippen LogP contribution in [0.4, 0.5) is 5.82 Å². The molecule has 0 spiro atoms. The van der Waals surface area contributed by atoms with Gasteiger partial charge in [0.25, 0.3) is 0 Å². The fourth-order valence-electron chi connectivity index (χ4n) is 3.44. The Labute approximate surface area is 104 Å². The Morgan fingerprint density at radius 2 is 2.18 bits per heavy atom. The van der Waals surface area contributed by atoms with Gasteiger partial charge in [0.1, 0.15) is 5.82 Å². The van der Waals surface area contributed by atoms with Crippen molar-refractivity contribution in [2.45, 2.75) is 57.9 Å². The fraction of sp³-hybridized carbons (Fsp3) is 0.786. The van der Waals surface area contributed by atoms with Crippen LogP contribution in [-0.2, 0) is 0 Å². The van der Waals surface area contributed by atoms with Crippen molar-refractivity contribution in [3.63, 3.8) is 0 Å². The topological polar surface area (TPSA) is 29.9 Å². The van der Waals surface area contributed by atoms with Crippen molar-refractivity contribution in [1.82, 2.24) is 9.78 Å². The summed E-state index contributed by atoms with van der Waals surface area (Å²) in [6, 6.07) is 2.88. The van der Waals surface area contributed by atoms with Crippen molar-refractivity contribution < 1.29 is 0 Å². The average molecular weight is 233 g/mol. The quantitative estimate of drug-likeness (QED) is 0.846. The minimum atomic E-state index is 0.585. The first-order valence-corrected chi connectivity index (χ1v) is 7.13. The lowest BCUT2D eigenvalue weighted by Crippen LogP contribution is -2.30. The van der Waals surface area contributed by atoms with Gasteiger partial charge >= 0.3 is 0 Å². The van der Waals surface area contributed by atoms with Crippen molar-refractivity contribution >= 4 is 5.82 Å². The molecule has 2 unspecified atom stereocenters. The molecule has 0 radical (unpaired) electrons. The van der Waals surface area contributed by atoms with E-state index in [1.165, 1.54) is 43.6 Å². The van der Waals surface area contributed by atoms with Crippen molar-refractivity contribution in [1.29, 1.82) is 0 Å². The van der Waals surface area contributed by atoms with Gasteiger partial charge in [0.2, 0.25) is 0 Å². The van der Waals surface area contributed by atoms with Crippen LogP contribution in [0.15, 0.2) is 6.07 Å². The van der Waals surface area contributed by atoms with Gasteiger partial charge in [-0.3, -0.25) is 0 Å². The molecule has 1 aromatic heterocycles. The lowest BCUT2D eigenvalue weighted by molar-refractivity contribution is 0.311. The third-order valence-electron chi connectivity index (χ3n) is 4.52. The van der Waals surface area contributed by atoms with Crippen LogP contribution in [-0.4, -0.2) is 16.3 Å². The molecule has 2 heterocycles. The molecule has 1 aliphatic heterocycles. The van der Waals surface area contributed by atoms with E-state index in [0.717, 1.165) is 12.5 Å². The normalized spacial score (nSPS) is 29.1. The van der Waals surface area contributed by atoms with E-state index < -0.39 is 0 Å². The van der Waals surface area contributed by atoms with Gasteiger partial charge in [0.05, 0.1) is 11.7 Å². The molecule has 0 saturated heterocycles. The van der Waals surface area contributed by atoms with Gasteiger partial charge in [-0.15, -0.1) is 0 Å². The molecule has 0 amide bonds. The highest BCUT2D eigenvalue weighted by Gasteiger charge is 2.28. The van der Waals surface area contributed by atoms with Crippen LogP contribution in [0, 0.1) is 5.92 Å². The summed E-state index contributed by atoms with van der Waals surface area (Å²) >= 11 is 0. The Hall–Kier alpha value is -0.990. The van der Waals surface area contributed by atoms with Crippen LogP contribution < -0.4 is 5.32 Å². The summed E-state index contributed by atoms with van der Waals surface area (Å²) < 4.78 is 2.25. The van der Waals surface area contributed by atoms with Gasteiger partial charge in [-0.2, -0.15) is 5.10 Å². The molecule has 1 fully saturated rings. The first-order chi connectivity index (χ1) is 8.29. The third-order valence-corrected chi connectivity index (χ3v) is 4.52. The molecular weight excluding hydrogens is 210 g/mol. The second-order valence-electron chi connectivity index (χ2n) is 5.71. The largest absolute Gasteiger partial charge is 0.370 e. The summed E-state index contributed by atoms with van der Waals surface area (Å²) in [4.78, 5) is 0. The summed E-state index contributed by atoms with van der Waals surface area (Å²) in [5, 5.41) is 8.41. The van der Waals surface area contributed by atoms with E-state index in [1.54, 1.807) is 0 Å². The van der Waals surface area contributed by atoms with Crippen molar-refractivity contribution in [3.8, 4) is 0 Å². The number of nitrogens with zero attached hydrogens (tertiary/aromatic N) is 2. The number of hydrogen-bond acceptors (Lipinski definition) is 2. The standard InChI is InChI=1S/C14H23N3/c1-3-13-10(2)9-15-14-8-12(16-17(13)14)11-6-4-5-7-11/h8,10-11,13,15H,3-7,9H2,1-2H3. The van der Waals surface area contributed by atoms with E-state index in [2.05, 4.69) is 29.9 Å². The smallest absolute Gasteiger partial charge is 0.124 e. The number of rotatable bonds is 2. The molecular formula is C14H23N3. The van der Waals surface area contributed by atoms with Gasteiger partial charge in [-0.1, -0.05) is 26.7 Å². The second kappa shape index (κ2) is 4.35. The monoisotopic (exact) mass is 233 g/mol. The zero-order chi connectivity index (χ0) is 11.8. The molecule has 1 aromatic rings. The zero-order valence-electron chi connectivity index (χ0n) is 10.9. The predicted octanol–water partition coefficient (Wildman–Crippen LogP) is 3.55. The number of nitrogens with one attached hydrogen (secondary N) is 1. The molecule has 0 aromatic carbocycles. The maximum Gasteiger partial charge on any atom is 0.124 e. The maximum absolute atomic E-state index is 4.89. The van der Waals surface area contributed by atoms with Gasteiger partial charge in [-0.25, -0.2) is 4.68 Å². The highest BCUT2D eigenvalue weighted by molar-refractivity contribution is 5.40. The van der Waals surface area contributed by atoms with Crippen molar-refractivity contribution in [2.75, 3.05) is 11.9 Å². The Balaban J connectivity index is 1.90. The van der Waals surface area contributed by atoms with Crippen LogP contribution in [0.2, 0.25) is 0 Å². The number of anilines is 1. The third kappa shape index (κ3) is 1.85. The molecule has 2 aliphatic rings. The minimum Gasteiger partial charge on any atom is -0.370 e. The zero-order valence-corrected chi connectivity index (χ0v) is 10.9. The lowest BCUT2D eigenvalue weighted by atomic mass is 9.98. The average Bonchev–Trinajstić information content (AvgIpc) is 2.97. The van der Waals surface area contributed by atoms with E-state index >= 15 is 0 Å². The molecule has 2 atom stereocenters.